The van der Waals surface area contributed by atoms with E-state index >= 15 is 0 Å². The van der Waals surface area contributed by atoms with E-state index in [0.717, 1.165) is 27.1 Å². The van der Waals surface area contributed by atoms with E-state index in [1.54, 1.807) is 0 Å². The minimum atomic E-state index is -3.14. The average molecular weight is 339 g/mol. The van der Waals surface area contributed by atoms with E-state index in [1.807, 2.05) is 75.6 Å². The third kappa shape index (κ3) is 2.86. The van der Waals surface area contributed by atoms with Gasteiger partial charge in [0.2, 0.25) is 0 Å². The molecule has 1 unspecified atom stereocenters. The van der Waals surface area contributed by atoms with Gasteiger partial charge < -0.3 is 9.42 Å². The summed E-state index contributed by atoms with van der Waals surface area (Å²) in [6.45, 7) is 2.28. The molecule has 0 aliphatic rings. The lowest BCUT2D eigenvalue weighted by Gasteiger charge is -2.22. The molecule has 3 aromatic carbocycles. The lowest BCUT2D eigenvalue weighted by molar-refractivity contribution is 0.348. The highest BCUT2D eigenvalue weighted by molar-refractivity contribution is 7.74. The van der Waals surface area contributed by atoms with Crippen molar-refractivity contribution in [3.63, 3.8) is 0 Å². The van der Waals surface area contributed by atoms with Crippen LogP contribution in [0.1, 0.15) is 6.92 Å². The molecule has 24 heavy (non-hydrogen) atoms. The summed E-state index contributed by atoms with van der Waals surface area (Å²) in [5.41, 5.74) is 1.10. The van der Waals surface area contributed by atoms with Crippen LogP contribution in [0, 0.1) is 0 Å². The Balaban J connectivity index is 2.31. The molecule has 0 amide bonds. The summed E-state index contributed by atoms with van der Waals surface area (Å²) >= 11 is 0. The number of fused-ring (bicyclic) bond motifs is 1. The van der Waals surface area contributed by atoms with E-state index in [9.17, 15) is 4.57 Å². The quantitative estimate of drug-likeness (QED) is 0.654. The summed E-state index contributed by atoms with van der Waals surface area (Å²) in [7, 11) is 0.891. The van der Waals surface area contributed by atoms with E-state index in [-0.39, 0.29) is 0 Å². The van der Waals surface area contributed by atoms with Crippen molar-refractivity contribution in [1.82, 2.24) is 0 Å². The lowest BCUT2D eigenvalue weighted by Crippen LogP contribution is -2.19. The fourth-order valence-corrected chi connectivity index (χ4v) is 5.30. The van der Waals surface area contributed by atoms with Crippen LogP contribution < -0.4 is 15.5 Å². The van der Waals surface area contributed by atoms with Gasteiger partial charge in [0, 0.05) is 35.8 Å². The summed E-state index contributed by atoms with van der Waals surface area (Å²) in [5.74, 6) is 0. The van der Waals surface area contributed by atoms with E-state index in [1.165, 1.54) is 0 Å². The smallest absolute Gasteiger partial charge is 0.261 e. The van der Waals surface area contributed by atoms with Gasteiger partial charge in [0.15, 0.2) is 0 Å². The maximum atomic E-state index is 13.9. The predicted octanol–water partition coefficient (Wildman–Crippen LogP) is 4.17. The van der Waals surface area contributed by atoms with Crippen LogP contribution in [-0.2, 0) is 9.09 Å². The van der Waals surface area contributed by atoms with Gasteiger partial charge in [0.1, 0.15) is 0 Å². The van der Waals surface area contributed by atoms with Crippen LogP contribution in [0.5, 0.6) is 0 Å². The Kier molecular flexibility index (Phi) is 4.75. The Labute approximate surface area is 143 Å². The zero-order valence-corrected chi connectivity index (χ0v) is 15.2. The van der Waals surface area contributed by atoms with Crippen LogP contribution in [0.25, 0.3) is 10.8 Å². The molecule has 0 fully saturated rings. The molecule has 3 rings (SSSR count). The second-order valence-electron chi connectivity index (χ2n) is 5.85. The number of benzene rings is 3. The molecule has 0 saturated carbocycles. The van der Waals surface area contributed by atoms with Gasteiger partial charge in [-0.3, -0.25) is 4.57 Å². The molecule has 0 radical (unpaired) electrons. The molecular weight excluding hydrogens is 317 g/mol. The van der Waals surface area contributed by atoms with Crippen molar-refractivity contribution in [2.24, 2.45) is 0 Å². The summed E-state index contributed by atoms with van der Waals surface area (Å²) < 4.78 is 19.7. The Hall–Kier alpha value is -2.09. The highest BCUT2D eigenvalue weighted by Gasteiger charge is 2.30. The van der Waals surface area contributed by atoms with Gasteiger partial charge in [-0.1, -0.05) is 42.5 Å². The highest BCUT2D eigenvalue weighted by Crippen LogP contribution is 2.46. The first-order chi connectivity index (χ1) is 11.6. The van der Waals surface area contributed by atoms with Crippen LogP contribution in [-0.4, -0.2) is 20.7 Å². The molecule has 0 spiro atoms. The van der Waals surface area contributed by atoms with E-state index in [4.69, 9.17) is 4.52 Å². The van der Waals surface area contributed by atoms with Crippen molar-refractivity contribution in [1.29, 1.82) is 0 Å². The molecule has 0 heterocycles. The Morgan fingerprint density at radius 3 is 2.21 bits per heavy atom. The molecule has 124 valence electrons. The van der Waals surface area contributed by atoms with Crippen LogP contribution in [0.3, 0.4) is 0 Å². The fourth-order valence-electron chi connectivity index (χ4n) is 3.01. The third-order valence-corrected chi connectivity index (χ3v) is 6.71. The molecule has 0 N–H and O–H groups in total. The van der Waals surface area contributed by atoms with E-state index < -0.39 is 7.37 Å². The molecule has 0 aliphatic carbocycles. The van der Waals surface area contributed by atoms with E-state index in [0.29, 0.717) is 6.61 Å². The van der Waals surface area contributed by atoms with Crippen molar-refractivity contribution in [2.75, 3.05) is 25.6 Å². The average Bonchev–Trinajstić information content (AvgIpc) is 2.61. The molecule has 1 atom stereocenters. The van der Waals surface area contributed by atoms with Gasteiger partial charge in [-0.2, -0.15) is 0 Å². The second kappa shape index (κ2) is 6.80. The molecule has 3 nitrogen and oxygen atoms in total. The van der Waals surface area contributed by atoms with Crippen LogP contribution in [0.2, 0.25) is 0 Å². The number of rotatable bonds is 5. The molecule has 3 aromatic rings. The zero-order chi connectivity index (χ0) is 17.2. The Morgan fingerprint density at radius 2 is 1.54 bits per heavy atom. The van der Waals surface area contributed by atoms with Crippen molar-refractivity contribution in [2.45, 2.75) is 6.92 Å². The maximum Gasteiger partial charge on any atom is 0.261 e. The van der Waals surface area contributed by atoms with Crippen LogP contribution in [0.15, 0.2) is 66.7 Å². The molecule has 0 bridgehead atoms. The second-order valence-corrected chi connectivity index (χ2v) is 8.21. The molecule has 4 heteroatoms. The van der Waals surface area contributed by atoms with Gasteiger partial charge in [0.05, 0.1) is 6.61 Å². The van der Waals surface area contributed by atoms with Crippen molar-refractivity contribution >= 4 is 34.4 Å². The van der Waals surface area contributed by atoms with Gasteiger partial charge in [-0.15, -0.1) is 0 Å². The number of nitrogens with zero attached hydrogens (tertiary/aromatic N) is 1. The maximum absolute atomic E-state index is 13.9. The third-order valence-electron chi connectivity index (χ3n) is 4.08. The van der Waals surface area contributed by atoms with Crippen molar-refractivity contribution < 1.29 is 9.09 Å². The van der Waals surface area contributed by atoms with Crippen molar-refractivity contribution in [3.05, 3.63) is 66.7 Å². The predicted molar refractivity (Wildman–Crippen MR) is 103 cm³/mol. The van der Waals surface area contributed by atoms with Crippen molar-refractivity contribution in [3.8, 4) is 0 Å². The number of anilines is 1. The summed E-state index contributed by atoms with van der Waals surface area (Å²) in [4.78, 5) is 2.07. The first-order valence-electron chi connectivity index (χ1n) is 8.07. The Morgan fingerprint density at radius 1 is 0.875 bits per heavy atom. The molecule has 0 saturated heterocycles. The minimum absolute atomic E-state index is 0.399. The highest BCUT2D eigenvalue weighted by atomic mass is 31.2. The van der Waals surface area contributed by atoms with Gasteiger partial charge in [-0.05, 0) is 36.6 Å². The normalized spacial score (nSPS) is 13.6. The standard InChI is InChI=1S/C20H22NO2P/c1-4-23-24(22,16-10-6-5-7-11-16)20-15-9-12-17-18(20)13-8-14-19(17)21(2)3/h5-15H,4H2,1-3H3. The topological polar surface area (TPSA) is 29.5 Å². The molecule has 0 aliphatic heterocycles. The minimum Gasteiger partial charge on any atom is -0.377 e. The Bertz CT molecular complexity index is 891. The number of hydrogen-bond donors (Lipinski definition) is 0. The van der Waals surface area contributed by atoms with E-state index in [2.05, 4.69) is 17.0 Å². The summed E-state index contributed by atoms with van der Waals surface area (Å²) in [6.07, 6.45) is 0. The largest absolute Gasteiger partial charge is 0.377 e. The fraction of sp³-hybridized carbons (Fsp3) is 0.200. The summed E-state index contributed by atoms with van der Waals surface area (Å²) in [6, 6.07) is 21.5. The summed E-state index contributed by atoms with van der Waals surface area (Å²) in [5, 5.41) is 3.55. The number of hydrogen-bond acceptors (Lipinski definition) is 3. The lowest BCUT2D eigenvalue weighted by atomic mass is 10.1. The first kappa shape index (κ1) is 16.8. The van der Waals surface area contributed by atoms with Gasteiger partial charge in [0.25, 0.3) is 7.37 Å². The van der Waals surface area contributed by atoms with Crippen LogP contribution in [0.4, 0.5) is 5.69 Å². The SMILES string of the molecule is CCOP(=O)(c1ccccc1)c1cccc2c(N(C)C)cccc12. The monoisotopic (exact) mass is 339 g/mol. The van der Waals surface area contributed by atoms with Gasteiger partial charge >= 0.3 is 0 Å². The first-order valence-corrected chi connectivity index (χ1v) is 9.70. The zero-order valence-electron chi connectivity index (χ0n) is 14.3. The molecule has 0 aromatic heterocycles. The van der Waals surface area contributed by atoms with Crippen LogP contribution >= 0.6 is 7.37 Å². The van der Waals surface area contributed by atoms with Gasteiger partial charge in [-0.25, -0.2) is 0 Å². The molecular formula is C20H22NO2P.